The molecule has 0 aliphatic rings. The number of thiazole rings is 1. The Labute approximate surface area is 178 Å². The van der Waals surface area contributed by atoms with E-state index in [1.54, 1.807) is 29.6 Å². The Balaban J connectivity index is 0.000000171. The Hall–Kier alpha value is -3.57. The first-order valence-electron chi connectivity index (χ1n) is 8.37. The first-order chi connectivity index (χ1) is 14.3. The molecule has 0 saturated heterocycles. The van der Waals surface area contributed by atoms with Crippen molar-refractivity contribution in [1.29, 1.82) is 0 Å². The molecule has 1 aromatic carbocycles. The fraction of sp³-hybridized carbons (Fsp3) is 0.111. The van der Waals surface area contributed by atoms with Gasteiger partial charge < -0.3 is 15.3 Å². The smallest absolute Gasteiger partial charge is 0.358 e. The fourth-order valence-electron chi connectivity index (χ4n) is 2.29. The Kier molecular flexibility index (Phi) is 6.54. The van der Waals surface area contributed by atoms with Gasteiger partial charge in [0.2, 0.25) is 0 Å². The third-order valence-corrected chi connectivity index (χ3v) is 4.67. The highest BCUT2D eigenvalue weighted by Crippen LogP contribution is 2.25. The van der Waals surface area contributed by atoms with Crippen molar-refractivity contribution in [1.82, 2.24) is 25.0 Å². The number of aromatic nitrogens is 5. The zero-order chi connectivity index (χ0) is 21.7. The molecule has 0 spiro atoms. The van der Waals surface area contributed by atoms with E-state index >= 15 is 0 Å². The van der Waals surface area contributed by atoms with Crippen LogP contribution in [0.15, 0.2) is 46.7 Å². The highest BCUT2D eigenvalue weighted by atomic mass is 35.5. The maximum atomic E-state index is 11.0. The largest absolute Gasteiger partial charge is 0.476 e. The maximum Gasteiger partial charge on any atom is 0.358 e. The molecule has 10 nitrogen and oxygen atoms in total. The standard InChI is InChI=1S/C10H6ClNO3.C8H9N5OS/c11-7-3-1-2-6(4-7)9-8(10(13)14)12-5-15-9;1-5(14)6-4-15-8(11-6)3-13-10-2-7(9)12-13/h1-5H,(H,13,14);2,4H,3H2,1H3,(H2,9,12). The van der Waals surface area contributed by atoms with Crippen LogP contribution in [0.4, 0.5) is 5.82 Å². The van der Waals surface area contributed by atoms with E-state index in [1.807, 2.05) is 0 Å². The number of nitrogens with zero attached hydrogens (tertiary/aromatic N) is 5. The second kappa shape index (κ2) is 9.29. The second-order valence-corrected chi connectivity index (χ2v) is 7.21. The number of hydrogen-bond acceptors (Lipinski definition) is 9. The second-order valence-electron chi connectivity index (χ2n) is 5.83. The summed E-state index contributed by atoms with van der Waals surface area (Å²) in [4.78, 5) is 31.0. The van der Waals surface area contributed by atoms with Gasteiger partial charge in [0, 0.05) is 22.9 Å². The monoisotopic (exact) mass is 446 g/mol. The number of benzene rings is 1. The molecule has 3 heterocycles. The van der Waals surface area contributed by atoms with Crippen LogP contribution < -0.4 is 5.73 Å². The number of carbonyl (C=O) groups excluding carboxylic acids is 1. The first kappa shape index (κ1) is 21.1. The molecule has 0 saturated carbocycles. The van der Waals surface area contributed by atoms with Gasteiger partial charge in [0.25, 0.3) is 0 Å². The molecule has 0 aliphatic carbocycles. The Morgan fingerprint density at radius 1 is 1.37 bits per heavy atom. The molecule has 4 aromatic rings. The first-order valence-corrected chi connectivity index (χ1v) is 9.63. The zero-order valence-corrected chi connectivity index (χ0v) is 17.1. The van der Waals surface area contributed by atoms with Gasteiger partial charge in [-0.05, 0) is 12.1 Å². The minimum absolute atomic E-state index is 0.0366. The van der Waals surface area contributed by atoms with E-state index in [9.17, 15) is 9.59 Å². The van der Waals surface area contributed by atoms with Crippen LogP contribution in [0.5, 0.6) is 0 Å². The molecule has 12 heteroatoms. The van der Waals surface area contributed by atoms with Crippen molar-refractivity contribution < 1.29 is 19.1 Å². The van der Waals surface area contributed by atoms with Crippen LogP contribution in [0.2, 0.25) is 5.02 Å². The zero-order valence-electron chi connectivity index (χ0n) is 15.5. The van der Waals surface area contributed by atoms with Gasteiger partial charge in [0.1, 0.15) is 17.2 Å². The lowest BCUT2D eigenvalue weighted by atomic mass is 10.1. The average molecular weight is 447 g/mol. The third kappa shape index (κ3) is 5.27. The highest BCUT2D eigenvalue weighted by molar-refractivity contribution is 7.09. The van der Waals surface area contributed by atoms with Gasteiger partial charge in [-0.25, -0.2) is 14.8 Å². The summed E-state index contributed by atoms with van der Waals surface area (Å²) in [6.07, 6.45) is 2.57. The summed E-state index contributed by atoms with van der Waals surface area (Å²) in [6.45, 7) is 1.93. The summed E-state index contributed by atoms with van der Waals surface area (Å²) in [7, 11) is 0. The summed E-state index contributed by atoms with van der Waals surface area (Å²) in [6, 6.07) is 6.74. The number of hydrogen-bond donors (Lipinski definition) is 2. The van der Waals surface area contributed by atoms with Gasteiger partial charge in [0.15, 0.2) is 29.4 Å². The predicted molar refractivity (Wildman–Crippen MR) is 110 cm³/mol. The number of carboxylic acid groups (broad SMARTS) is 1. The van der Waals surface area contributed by atoms with Crippen molar-refractivity contribution in [2.75, 3.05) is 5.73 Å². The normalized spacial score (nSPS) is 10.3. The Morgan fingerprint density at radius 2 is 2.17 bits per heavy atom. The number of nitrogens with two attached hydrogens (primary N) is 1. The summed E-state index contributed by atoms with van der Waals surface area (Å²) < 4.78 is 5.02. The number of carboxylic acids is 1. The number of aromatic carboxylic acids is 1. The number of Topliss-reactive ketones (excluding diaryl/α,β-unsaturated/α-hetero) is 1. The molecule has 0 aliphatic heterocycles. The number of nitrogen functional groups attached to an aromatic ring is 1. The van der Waals surface area contributed by atoms with Crippen LogP contribution in [-0.2, 0) is 6.54 Å². The molecular weight excluding hydrogens is 432 g/mol. The molecule has 0 atom stereocenters. The van der Waals surface area contributed by atoms with E-state index in [-0.39, 0.29) is 17.2 Å². The maximum absolute atomic E-state index is 11.0. The number of ketones is 1. The number of oxazole rings is 1. The van der Waals surface area contributed by atoms with Gasteiger partial charge in [0.05, 0.1) is 6.20 Å². The summed E-state index contributed by atoms with van der Waals surface area (Å²) in [5.74, 6) is -0.576. The van der Waals surface area contributed by atoms with Crippen molar-refractivity contribution in [3.8, 4) is 11.3 Å². The summed E-state index contributed by atoms with van der Waals surface area (Å²) in [5, 5.41) is 19.7. The van der Waals surface area contributed by atoms with Crippen molar-refractivity contribution in [3.63, 3.8) is 0 Å². The van der Waals surface area contributed by atoms with Crippen molar-refractivity contribution in [2.45, 2.75) is 13.5 Å². The predicted octanol–water partition coefficient (Wildman–Crippen LogP) is 3.26. The number of anilines is 1. The van der Waals surface area contributed by atoms with Crippen LogP contribution in [0.1, 0.15) is 32.9 Å². The van der Waals surface area contributed by atoms with Gasteiger partial charge in [-0.1, -0.05) is 23.7 Å². The average Bonchev–Trinajstić information content (AvgIpc) is 3.43. The Morgan fingerprint density at radius 3 is 2.77 bits per heavy atom. The number of halogens is 1. The molecule has 0 bridgehead atoms. The molecule has 4 rings (SSSR count). The van der Waals surface area contributed by atoms with Gasteiger partial charge >= 0.3 is 5.97 Å². The lowest BCUT2D eigenvalue weighted by Gasteiger charge is -1.98. The Bertz CT molecular complexity index is 1180. The van der Waals surface area contributed by atoms with E-state index < -0.39 is 5.97 Å². The fourth-order valence-corrected chi connectivity index (χ4v) is 3.28. The van der Waals surface area contributed by atoms with Crippen LogP contribution in [-0.4, -0.2) is 41.8 Å². The summed E-state index contributed by atoms with van der Waals surface area (Å²) in [5.41, 5.74) is 6.38. The molecule has 3 aromatic heterocycles. The quantitative estimate of drug-likeness (QED) is 0.440. The molecule has 0 unspecified atom stereocenters. The minimum Gasteiger partial charge on any atom is -0.476 e. The topological polar surface area (TPSA) is 150 Å². The third-order valence-electron chi connectivity index (χ3n) is 3.60. The molecule has 0 fully saturated rings. The van der Waals surface area contributed by atoms with E-state index in [4.69, 9.17) is 26.9 Å². The van der Waals surface area contributed by atoms with Gasteiger partial charge in [-0.2, -0.15) is 9.90 Å². The van der Waals surface area contributed by atoms with Crippen molar-refractivity contribution in [3.05, 3.63) is 63.7 Å². The van der Waals surface area contributed by atoms with Gasteiger partial charge in [-0.15, -0.1) is 16.4 Å². The summed E-state index contributed by atoms with van der Waals surface area (Å²) >= 11 is 7.19. The van der Waals surface area contributed by atoms with E-state index in [1.165, 1.54) is 29.3 Å². The molecule has 30 heavy (non-hydrogen) atoms. The van der Waals surface area contributed by atoms with E-state index in [2.05, 4.69) is 20.2 Å². The van der Waals surface area contributed by atoms with E-state index in [0.717, 1.165) is 11.4 Å². The van der Waals surface area contributed by atoms with Crippen LogP contribution in [0.25, 0.3) is 11.3 Å². The lowest BCUT2D eigenvalue weighted by Crippen LogP contribution is -2.04. The lowest BCUT2D eigenvalue weighted by molar-refractivity contribution is 0.0691. The molecule has 154 valence electrons. The molecular formula is C18H15ClN6O4S. The number of carbonyl (C=O) groups is 2. The minimum atomic E-state index is -1.13. The molecule has 0 radical (unpaired) electrons. The van der Waals surface area contributed by atoms with Crippen LogP contribution in [0.3, 0.4) is 0 Å². The molecule has 3 N–H and O–H groups in total. The molecule has 0 amide bonds. The van der Waals surface area contributed by atoms with E-state index in [0.29, 0.717) is 28.6 Å². The van der Waals surface area contributed by atoms with Crippen molar-refractivity contribution in [2.24, 2.45) is 0 Å². The van der Waals surface area contributed by atoms with Crippen LogP contribution >= 0.6 is 22.9 Å². The van der Waals surface area contributed by atoms with Gasteiger partial charge in [-0.3, -0.25) is 4.79 Å². The SMILES string of the molecule is CC(=O)c1csc(Cn2ncc(N)n2)n1.O=C(O)c1ncoc1-c1cccc(Cl)c1. The highest BCUT2D eigenvalue weighted by Gasteiger charge is 2.17. The van der Waals surface area contributed by atoms with Crippen LogP contribution in [0, 0.1) is 0 Å². The number of rotatable bonds is 5. The van der Waals surface area contributed by atoms with Crippen molar-refractivity contribution >= 4 is 40.5 Å².